The molecule has 0 aliphatic carbocycles. The molecule has 21 heavy (non-hydrogen) atoms. The first kappa shape index (κ1) is 15.9. The van der Waals surface area contributed by atoms with Crippen molar-refractivity contribution in [3.8, 4) is 11.5 Å². The lowest BCUT2D eigenvalue weighted by Crippen LogP contribution is -2.13. The number of hydrogen-bond donors (Lipinski definition) is 1. The summed E-state index contributed by atoms with van der Waals surface area (Å²) in [5, 5.41) is 10.0. The van der Waals surface area contributed by atoms with Crippen molar-refractivity contribution in [2.75, 3.05) is 0 Å². The summed E-state index contributed by atoms with van der Waals surface area (Å²) in [5.41, 5.74) is 3.00. The first-order chi connectivity index (χ1) is 9.81. The van der Waals surface area contributed by atoms with Crippen LogP contribution in [0.25, 0.3) is 0 Å². The summed E-state index contributed by atoms with van der Waals surface area (Å²) in [6.45, 7) is 8.43. The molecule has 0 saturated carbocycles. The molecule has 0 atom stereocenters. The second kappa shape index (κ2) is 6.08. The van der Waals surface area contributed by atoms with Gasteiger partial charge in [0.2, 0.25) is 0 Å². The van der Waals surface area contributed by atoms with Crippen molar-refractivity contribution in [1.82, 2.24) is 0 Å². The number of halogens is 1. The third-order valence-corrected chi connectivity index (χ3v) is 3.59. The standard InChI is InChI=1S/C18H21ClO2/c1-12-5-7-17(15(9-12)18(2,3)4)21-16-8-6-14(19)10-13(16)11-20/h5-10,20H,11H2,1-4H3. The Bertz CT molecular complexity index is 642. The molecule has 2 aromatic carbocycles. The Hall–Kier alpha value is -1.51. The molecule has 1 N–H and O–H groups in total. The zero-order valence-electron chi connectivity index (χ0n) is 12.9. The maximum absolute atomic E-state index is 9.46. The lowest BCUT2D eigenvalue weighted by molar-refractivity contribution is 0.276. The van der Waals surface area contributed by atoms with Gasteiger partial charge in [-0.05, 0) is 36.6 Å². The molecule has 0 saturated heterocycles. The van der Waals surface area contributed by atoms with Crippen LogP contribution >= 0.6 is 11.6 Å². The van der Waals surface area contributed by atoms with Crippen molar-refractivity contribution < 1.29 is 9.84 Å². The monoisotopic (exact) mass is 304 g/mol. The maximum Gasteiger partial charge on any atom is 0.133 e. The molecule has 2 aromatic rings. The fraction of sp³-hybridized carbons (Fsp3) is 0.333. The molecule has 0 fully saturated rings. The highest BCUT2D eigenvalue weighted by atomic mass is 35.5. The Morgan fingerprint density at radius 1 is 1.05 bits per heavy atom. The Kier molecular flexibility index (Phi) is 4.60. The summed E-state index contributed by atoms with van der Waals surface area (Å²) >= 11 is 5.96. The predicted molar refractivity (Wildman–Crippen MR) is 87.3 cm³/mol. The molecule has 0 bridgehead atoms. The zero-order valence-corrected chi connectivity index (χ0v) is 13.7. The highest BCUT2D eigenvalue weighted by Gasteiger charge is 2.20. The second-order valence-corrected chi connectivity index (χ2v) is 6.70. The molecule has 0 radical (unpaired) electrons. The molecule has 3 heteroatoms. The van der Waals surface area contributed by atoms with E-state index in [1.54, 1.807) is 18.2 Å². The van der Waals surface area contributed by atoms with Gasteiger partial charge in [-0.25, -0.2) is 0 Å². The SMILES string of the molecule is Cc1ccc(Oc2ccc(Cl)cc2CO)c(C(C)(C)C)c1. The van der Waals surface area contributed by atoms with E-state index in [9.17, 15) is 5.11 Å². The molecule has 0 aliphatic heterocycles. The molecule has 0 heterocycles. The van der Waals surface area contributed by atoms with Crippen molar-refractivity contribution in [3.05, 3.63) is 58.1 Å². The molecule has 2 rings (SSSR count). The first-order valence-corrected chi connectivity index (χ1v) is 7.37. The van der Waals surface area contributed by atoms with Gasteiger partial charge in [0.05, 0.1) is 6.61 Å². The molecule has 0 spiro atoms. The van der Waals surface area contributed by atoms with E-state index in [1.165, 1.54) is 5.56 Å². The fourth-order valence-corrected chi connectivity index (χ4v) is 2.40. The van der Waals surface area contributed by atoms with Crippen LogP contribution in [-0.4, -0.2) is 5.11 Å². The predicted octanol–water partition coefficient (Wildman–Crippen LogP) is 5.23. The van der Waals surface area contributed by atoms with Crippen LogP contribution in [0.2, 0.25) is 5.02 Å². The lowest BCUT2D eigenvalue weighted by atomic mass is 9.85. The van der Waals surface area contributed by atoms with Gasteiger partial charge in [0.25, 0.3) is 0 Å². The van der Waals surface area contributed by atoms with E-state index < -0.39 is 0 Å². The quantitative estimate of drug-likeness (QED) is 0.841. The van der Waals surface area contributed by atoms with Gasteiger partial charge >= 0.3 is 0 Å². The van der Waals surface area contributed by atoms with Crippen LogP contribution in [0.1, 0.15) is 37.5 Å². The Morgan fingerprint density at radius 3 is 2.33 bits per heavy atom. The van der Waals surface area contributed by atoms with Gasteiger partial charge in [-0.2, -0.15) is 0 Å². The van der Waals surface area contributed by atoms with Crippen molar-refractivity contribution >= 4 is 11.6 Å². The molecule has 112 valence electrons. The van der Waals surface area contributed by atoms with E-state index in [0.717, 1.165) is 11.3 Å². The summed E-state index contributed by atoms with van der Waals surface area (Å²) < 4.78 is 6.05. The second-order valence-electron chi connectivity index (χ2n) is 6.26. The number of ether oxygens (including phenoxy) is 1. The molecular weight excluding hydrogens is 284 g/mol. The number of hydrogen-bond acceptors (Lipinski definition) is 2. The molecular formula is C18H21ClO2. The average molecular weight is 305 g/mol. The highest BCUT2D eigenvalue weighted by Crippen LogP contribution is 2.36. The maximum atomic E-state index is 9.46. The topological polar surface area (TPSA) is 29.5 Å². The molecule has 0 aromatic heterocycles. The molecule has 0 unspecified atom stereocenters. The van der Waals surface area contributed by atoms with Crippen LogP contribution in [0.5, 0.6) is 11.5 Å². The third kappa shape index (κ3) is 3.78. The van der Waals surface area contributed by atoms with Gasteiger partial charge in [0.1, 0.15) is 11.5 Å². The van der Waals surface area contributed by atoms with Crippen LogP contribution in [-0.2, 0) is 12.0 Å². The molecule has 0 aliphatic rings. The average Bonchev–Trinajstić information content (AvgIpc) is 2.41. The van der Waals surface area contributed by atoms with Crippen LogP contribution in [0, 0.1) is 6.92 Å². The minimum absolute atomic E-state index is 0.0207. The van der Waals surface area contributed by atoms with E-state index in [1.807, 2.05) is 12.1 Å². The number of aryl methyl sites for hydroxylation is 1. The van der Waals surface area contributed by atoms with Crippen molar-refractivity contribution in [2.45, 2.75) is 39.7 Å². The van der Waals surface area contributed by atoms with E-state index in [2.05, 4.69) is 33.8 Å². The normalized spacial score (nSPS) is 11.5. The van der Waals surface area contributed by atoms with E-state index in [-0.39, 0.29) is 12.0 Å². The van der Waals surface area contributed by atoms with Crippen LogP contribution in [0.3, 0.4) is 0 Å². The Balaban J connectivity index is 2.45. The van der Waals surface area contributed by atoms with Crippen LogP contribution in [0.15, 0.2) is 36.4 Å². The van der Waals surface area contributed by atoms with E-state index in [0.29, 0.717) is 16.3 Å². The van der Waals surface area contributed by atoms with E-state index in [4.69, 9.17) is 16.3 Å². The Labute approximate surface area is 131 Å². The summed E-state index contributed by atoms with van der Waals surface area (Å²) in [5.74, 6) is 1.45. The summed E-state index contributed by atoms with van der Waals surface area (Å²) in [6, 6.07) is 11.4. The minimum Gasteiger partial charge on any atom is -0.457 e. The number of benzene rings is 2. The van der Waals surface area contributed by atoms with Gasteiger partial charge < -0.3 is 9.84 Å². The van der Waals surface area contributed by atoms with Crippen molar-refractivity contribution in [1.29, 1.82) is 0 Å². The zero-order chi connectivity index (χ0) is 15.6. The summed E-state index contributed by atoms with van der Waals surface area (Å²) in [6.07, 6.45) is 0. The van der Waals surface area contributed by atoms with Gasteiger partial charge in [0, 0.05) is 16.1 Å². The fourth-order valence-electron chi connectivity index (χ4n) is 2.21. The van der Waals surface area contributed by atoms with Crippen LogP contribution < -0.4 is 4.74 Å². The largest absolute Gasteiger partial charge is 0.457 e. The van der Waals surface area contributed by atoms with Gasteiger partial charge in [0.15, 0.2) is 0 Å². The van der Waals surface area contributed by atoms with Crippen molar-refractivity contribution in [3.63, 3.8) is 0 Å². The van der Waals surface area contributed by atoms with Crippen molar-refractivity contribution in [2.24, 2.45) is 0 Å². The minimum atomic E-state index is -0.105. The lowest BCUT2D eigenvalue weighted by Gasteiger charge is -2.24. The Morgan fingerprint density at radius 2 is 1.71 bits per heavy atom. The van der Waals surface area contributed by atoms with Gasteiger partial charge in [-0.1, -0.05) is 50.1 Å². The summed E-state index contributed by atoms with van der Waals surface area (Å²) in [7, 11) is 0. The van der Waals surface area contributed by atoms with E-state index >= 15 is 0 Å². The number of aliphatic hydroxyl groups excluding tert-OH is 1. The first-order valence-electron chi connectivity index (χ1n) is 6.99. The molecule has 2 nitrogen and oxygen atoms in total. The smallest absolute Gasteiger partial charge is 0.133 e. The highest BCUT2D eigenvalue weighted by molar-refractivity contribution is 6.30. The van der Waals surface area contributed by atoms with Crippen LogP contribution in [0.4, 0.5) is 0 Å². The molecule has 0 amide bonds. The van der Waals surface area contributed by atoms with Gasteiger partial charge in [-0.3, -0.25) is 0 Å². The summed E-state index contributed by atoms with van der Waals surface area (Å²) in [4.78, 5) is 0. The van der Waals surface area contributed by atoms with Gasteiger partial charge in [-0.15, -0.1) is 0 Å². The number of rotatable bonds is 3. The third-order valence-electron chi connectivity index (χ3n) is 3.36. The number of aliphatic hydroxyl groups is 1.